The minimum absolute atomic E-state index is 0. The summed E-state index contributed by atoms with van der Waals surface area (Å²) < 4.78 is 10.4. The quantitative estimate of drug-likeness (QED) is 0.482. The summed E-state index contributed by atoms with van der Waals surface area (Å²) in [4.78, 5) is 30.6. The van der Waals surface area contributed by atoms with Crippen molar-refractivity contribution in [3.05, 3.63) is 24.5 Å². The first-order valence-electron chi connectivity index (χ1n) is 10.3. The summed E-state index contributed by atoms with van der Waals surface area (Å²) in [5, 5.41) is 5.93. The molecule has 1 fully saturated rings. The number of carbonyl (C=O) groups excluding carboxylic acids is 2. The summed E-state index contributed by atoms with van der Waals surface area (Å²) in [6.07, 6.45) is 5.14. The van der Waals surface area contributed by atoms with Crippen molar-refractivity contribution in [1.82, 2.24) is 15.6 Å². The smallest absolute Gasteiger partial charge is 0.407 e. The second-order valence-electron chi connectivity index (χ2n) is 8.23. The van der Waals surface area contributed by atoms with E-state index < -0.39 is 17.7 Å². The van der Waals surface area contributed by atoms with Gasteiger partial charge >= 0.3 is 12.1 Å². The third-order valence-electron chi connectivity index (χ3n) is 4.72. The molecule has 1 aromatic heterocycles. The Morgan fingerprint density at radius 3 is 2.43 bits per heavy atom. The molecule has 1 amide bonds. The van der Waals surface area contributed by atoms with E-state index in [2.05, 4.69) is 20.5 Å². The summed E-state index contributed by atoms with van der Waals surface area (Å²) in [6.45, 7) is 10.2. The average molecular weight is 420 g/mol. The summed E-state index contributed by atoms with van der Waals surface area (Å²) >= 11 is 0. The highest BCUT2D eigenvalue weighted by atomic mass is 16.6. The highest BCUT2D eigenvalue weighted by Gasteiger charge is 2.25. The van der Waals surface area contributed by atoms with Crippen LogP contribution < -0.4 is 15.5 Å². The molecule has 168 valence electrons. The van der Waals surface area contributed by atoms with Gasteiger partial charge in [0.05, 0.1) is 15.0 Å². The van der Waals surface area contributed by atoms with E-state index in [1.165, 1.54) is 5.69 Å². The number of alkyl carbamates (subject to hydrolysis) is 1. The van der Waals surface area contributed by atoms with Gasteiger partial charge in [0, 0.05) is 37.7 Å². The molecule has 1 aliphatic heterocycles. The van der Waals surface area contributed by atoms with Crippen molar-refractivity contribution in [3.63, 3.8) is 0 Å². The van der Waals surface area contributed by atoms with Crippen LogP contribution >= 0.6 is 0 Å². The zero-order valence-electron chi connectivity index (χ0n) is 17.9. The zero-order valence-corrected chi connectivity index (χ0v) is 17.9. The number of piperidine rings is 1. The number of nitrogens with one attached hydrogen (secondary N) is 2. The maximum atomic E-state index is 12.3. The number of ether oxygens (including phenoxy) is 2. The minimum atomic E-state index is -0.597. The van der Waals surface area contributed by atoms with Gasteiger partial charge in [-0.25, -0.2) is 4.79 Å². The second-order valence-corrected chi connectivity index (χ2v) is 8.23. The molecule has 0 bridgehead atoms. The Morgan fingerprint density at radius 2 is 1.87 bits per heavy atom. The lowest BCUT2D eigenvalue weighted by Crippen LogP contribution is -2.49. The van der Waals surface area contributed by atoms with Crippen LogP contribution in [0, 0.1) is 5.92 Å². The van der Waals surface area contributed by atoms with Crippen LogP contribution in [0.25, 0.3) is 0 Å². The minimum Gasteiger partial charge on any atom is -0.465 e. The second kappa shape index (κ2) is 12.4. The molecule has 1 aromatic rings. The average Bonchev–Trinajstić information content (AvgIpc) is 2.68. The van der Waals surface area contributed by atoms with Gasteiger partial charge in [0.25, 0.3) is 0 Å². The van der Waals surface area contributed by atoms with E-state index in [9.17, 15) is 9.59 Å². The first kappa shape index (κ1) is 25.8. The van der Waals surface area contributed by atoms with Crippen LogP contribution in [0.3, 0.4) is 0 Å². The molecule has 8 nitrogen and oxygen atoms in total. The molecule has 2 heterocycles. The van der Waals surface area contributed by atoms with Crippen molar-refractivity contribution in [2.45, 2.75) is 52.2 Å². The third kappa shape index (κ3) is 9.03. The third-order valence-corrected chi connectivity index (χ3v) is 4.72. The molecule has 0 aromatic carbocycles. The van der Waals surface area contributed by atoms with E-state index in [0.717, 1.165) is 25.9 Å². The lowest BCUT2D eigenvalue weighted by molar-refractivity contribution is -0.145. The molecule has 0 saturated carbocycles. The number of anilines is 1. The first-order valence-corrected chi connectivity index (χ1v) is 10.3. The van der Waals surface area contributed by atoms with Gasteiger partial charge in [-0.15, -0.1) is 0 Å². The molecular formula is C21H37BN4O4. The molecule has 0 aliphatic carbocycles. The van der Waals surface area contributed by atoms with Gasteiger partial charge in [-0.2, -0.15) is 0 Å². The highest BCUT2D eigenvalue weighted by Crippen LogP contribution is 2.22. The fourth-order valence-corrected chi connectivity index (χ4v) is 3.24. The number of nitrogens with zero attached hydrogens (tertiary/aromatic N) is 2. The van der Waals surface area contributed by atoms with E-state index in [-0.39, 0.29) is 20.9 Å². The van der Waals surface area contributed by atoms with Gasteiger partial charge in [0.15, 0.2) is 0 Å². The monoisotopic (exact) mass is 420 g/mol. The molecule has 0 spiro atoms. The molecular weight excluding hydrogens is 383 g/mol. The van der Waals surface area contributed by atoms with Crippen LogP contribution in [0.5, 0.6) is 0 Å². The van der Waals surface area contributed by atoms with E-state index in [1.807, 2.05) is 24.5 Å². The zero-order chi connectivity index (χ0) is 21.3. The molecule has 9 heteroatoms. The Kier molecular flexibility index (Phi) is 10.7. The number of aromatic nitrogens is 1. The van der Waals surface area contributed by atoms with Gasteiger partial charge in [-0.05, 0) is 65.1 Å². The topological polar surface area (TPSA) is 92.8 Å². The predicted octanol–water partition coefficient (Wildman–Crippen LogP) is 1.16. The van der Waals surface area contributed by atoms with Crippen molar-refractivity contribution in [2.75, 3.05) is 37.7 Å². The summed E-state index contributed by atoms with van der Waals surface area (Å²) in [7, 11) is 0. The maximum absolute atomic E-state index is 12.3. The lowest BCUT2D eigenvalue weighted by Gasteiger charge is -2.34. The van der Waals surface area contributed by atoms with Crippen molar-refractivity contribution < 1.29 is 19.1 Å². The van der Waals surface area contributed by atoms with Crippen LogP contribution in [0.15, 0.2) is 24.5 Å². The molecule has 1 unspecified atom stereocenters. The van der Waals surface area contributed by atoms with E-state index >= 15 is 0 Å². The van der Waals surface area contributed by atoms with Crippen LogP contribution in [-0.2, 0) is 14.3 Å². The predicted molar refractivity (Wildman–Crippen MR) is 122 cm³/mol. The molecule has 0 radical (unpaired) electrons. The summed E-state index contributed by atoms with van der Waals surface area (Å²) in [5.41, 5.74) is 0.608. The van der Waals surface area contributed by atoms with Crippen LogP contribution in [0.1, 0.15) is 40.5 Å². The Balaban J connectivity index is 0.00000450. The first-order chi connectivity index (χ1) is 13.8. The van der Waals surface area contributed by atoms with Crippen molar-refractivity contribution in [3.8, 4) is 0 Å². The number of rotatable bonds is 8. The Labute approximate surface area is 181 Å². The van der Waals surface area contributed by atoms with Crippen LogP contribution in [0.2, 0.25) is 0 Å². The maximum Gasteiger partial charge on any atom is 0.407 e. The number of hydrogen-bond donors (Lipinski definition) is 2. The van der Waals surface area contributed by atoms with Gasteiger partial charge in [-0.3, -0.25) is 9.78 Å². The van der Waals surface area contributed by atoms with Gasteiger partial charge in [0.1, 0.15) is 11.6 Å². The molecule has 1 aliphatic rings. The van der Waals surface area contributed by atoms with E-state index in [1.54, 1.807) is 27.7 Å². The highest BCUT2D eigenvalue weighted by molar-refractivity contribution is 5.77. The Hall–Kier alpha value is -2.29. The van der Waals surface area contributed by atoms with Crippen molar-refractivity contribution in [2.24, 2.45) is 5.92 Å². The van der Waals surface area contributed by atoms with Gasteiger partial charge in [0.2, 0.25) is 0 Å². The van der Waals surface area contributed by atoms with E-state index in [0.29, 0.717) is 19.1 Å². The van der Waals surface area contributed by atoms with Gasteiger partial charge in [-0.1, -0.05) is 0 Å². The van der Waals surface area contributed by atoms with E-state index in [4.69, 9.17) is 9.47 Å². The summed E-state index contributed by atoms with van der Waals surface area (Å²) in [5.74, 6) is 0.101. The number of carbonyl (C=O) groups is 2. The normalized spacial score (nSPS) is 15.7. The fourth-order valence-electron chi connectivity index (χ4n) is 3.24. The Morgan fingerprint density at radius 1 is 1.23 bits per heavy atom. The number of hydrogen-bond acceptors (Lipinski definition) is 7. The molecule has 1 saturated heterocycles. The van der Waals surface area contributed by atoms with Gasteiger partial charge < -0.3 is 25.0 Å². The van der Waals surface area contributed by atoms with Crippen LogP contribution in [0.4, 0.5) is 10.5 Å². The van der Waals surface area contributed by atoms with Crippen LogP contribution in [-0.4, -0.2) is 69.9 Å². The van der Waals surface area contributed by atoms with Crippen molar-refractivity contribution >= 4 is 26.2 Å². The Bertz CT molecular complexity index is 646. The standard InChI is InChI=1S/C21H34N4O4.BH3/c1-5-28-19(26)18(15-24-20(27)29-21(2,3)4)23-14-16-8-12-25(13-9-16)17-6-10-22-11-7-17;/h6-7,10-11,16,18,23H,5,8-9,12-15H2,1-4H3,(H,24,27);1H3. The summed E-state index contributed by atoms with van der Waals surface area (Å²) in [6, 6.07) is 3.45. The molecule has 1 atom stereocenters. The molecule has 30 heavy (non-hydrogen) atoms. The molecule has 2 N–H and O–H groups in total. The van der Waals surface area contributed by atoms with Crippen molar-refractivity contribution in [1.29, 1.82) is 0 Å². The number of pyridine rings is 1. The number of esters is 1. The molecule has 2 rings (SSSR count). The number of amides is 1. The lowest BCUT2D eigenvalue weighted by atomic mass is 9.96. The SMILES string of the molecule is B.CCOC(=O)C(CNC(=O)OC(C)(C)C)NCC1CCN(c2ccncc2)CC1. The fraction of sp³-hybridized carbons (Fsp3) is 0.667. The largest absolute Gasteiger partial charge is 0.465 e.